The lowest BCUT2D eigenvalue weighted by Crippen LogP contribution is -2.13. The van der Waals surface area contributed by atoms with Gasteiger partial charge >= 0.3 is 0 Å². The third kappa shape index (κ3) is 1.46. The smallest absolute Gasteiger partial charge is 0.141 e. The van der Waals surface area contributed by atoms with Crippen LogP contribution in [0.4, 0.5) is 4.39 Å². The Balaban J connectivity index is 2.21. The van der Waals surface area contributed by atoms with Crippen LogP contribution in [0.1, 0.15) is 24.4 Å². The summed E-state index contributed by atoms with van der Waals surface area (Å²) in [4.78, 5) is 3.81. The van der Waals surface area contributed by atoms with Crippen molar-refractivity contribution in [3.8, 4) is 0 Å². The normalized spacial score (nSPS) is 22.9. The van der Waals surface area contributed by atoms with Crippen molar-refractivity contribution < 1.29 is 4.39 Å². The minimum Gasteiger partial charge on any atom is -0.310 e. The molecule has 1 aromatic rings. The van der Waals surface area contributed by atoms with E-state index in [1.54, 1.807) is 12.3 Å². The van der Waals surface area contributed by atoms with E-state index in [4.69, 9.17) is 0 Å². The van der Waals surface area contributed by atoms with E-state index in [1.165, 1.54) is 12.6 Å². The second-order valence-electron chi connectivity index (χ2n) is 3.09. The third-order valence-electron chi connectivity index (χ3n) is 2.19. The zero-order chi connectivity index (χ0) is 8.39. The van der Waals surface area contributed by atoms with E-state index >= 15 is 0 Å². The van der Waals surface area contributed by atoms with Gasteiger partial charge in [0.1, 0.15) is 5.82 Å². The highest BCUT2D eigenvalue weighted by Gasteiger charge is 2.16. The lowest BCUT2D eigenvalue weighted by atomic mass is 10.1. The molecule has 0 saturated carbocycles. The maximum absolute atomic E-state index is 12.7. The van der Waals surface area contributed by atoms with Crippen molar-refractivity contribution >= 4 is 0 Å². The van der Waals surface area contributed by atoms with E-state index in [-0.39, 0.29) is 5.82 Å². The molecule has 1 aliphatic rings. The molecule has 0 aromatic carbocycles. The Bertz CT molecular complexity index is 269. The first-order chi connectivity index (χ1) is 5.86. The van der Waals surface area contributed by atoms with E-state index in [1.807, 2.05) is 0 Å². The Morgan fingerprint density at radius 2 is 2.42 bits per heavy atom. The Kier molecular flexibility index (Phi) is 2.04. The number of rotatable bonds is 1. The predicted molar refractivity (Wildman–Crippen MR) is 44.2 cm³/mol. The van der Waals surface area contributed by atoms with Crippen LogP contribution in [0.25, 0.3) is 0 Å². The molecular weight excluding hydrogens is 155 g/mol. The van der Waals surface area contributed by atoms with Crippen molar-refractivity contribution in [2.24, 2.45) is 0 Å². The second kappa shape index (κ2) is 3.19. The largest absolute Gasteiger partial charge is 0.310 e. The first kappa shape index (κ1) is 7.68. The van der Waals surface area contributed by atoms with E-state index in [9.17, 15) is 4.39 Å². The van der Waals surface area contributed by atoms with Crippen LogP contribution in [0.5, 0.6) is 0 Å². The summed E-state index contributed by atoms with van der Waals surface area (Å²) in [5, 5.41) is 3.29. The first-order valence-electron chi connectivity index (χ1n) is 4.20. The summed E-state index contributed by atoms with van der Waals surface area (Å²) in [5.41, 5.74) is 0.965. The highest BCUT2D eigenvalue weighted by atomic mass is 19.1. The number of hydrogen-bond acceptors (Lipinski definition) is 2. The molecule has 1 saturated heterocycles. The molecule has 3 heteroatoms. The van der Waals surface area contributed by atoms with Gasteiger partial charge in [0.15, 0.2) is 0 Å². The van der Waals surface area contributed by atoms with Gasteiger partial charge in [0.2, 0.25) is 0 Å². The number of pyridine rings is 1. The van der Waals surface area contributed by atoms with Crippen LogP contribution in [-0.2, 0) is 0 Å². The molecule has 0 spiro atoms. The number of nitrogens with one attached hydrogen (secondary N) is 1. The standard InChI is InChI=1S/C9H11FN2/c10-8-4-7(5-11-6-8)9-2-1-3-12-9/h4-6,9,12H,1-3H2/t9-/m1/s1. The number of nitrogens with zero attached hydrogens (tertiary/aromatic N) is 1. The molecule has 64 valence electrons. The van der Waals surface area contributed by atoms with Crippen molar-refractivity contribution in [1.82, 2.24) is 10.3 Å². The van der Waals surface area contributed by atoms with Crippen LogP contribution in [-0.4, -0.2) is 11.5 Å². The van der Waals surface area contributed by atoms with Gasteiger partial charge in [-0.1, -0.05) is 0 Å². The van der Waals surface area contributed by atoms with Crippen molar-refractivity contribution in [1.29, 1.82) is 0 Å². The fourth-order valence-corrected chi connectivity index (χ4v) is 1.59. The monoisotopic (exact) mass is 166 g/mol. The molecule has 2 rings (SSSR count). The highest BCUT2D eigenvalue weighted by molar-refractivity contribution is 5.15. The molecule has 0 bridgehead atoms. The number of hydrogen-bond donors (Lipinski definition) is 1. The van der Waals surface area contributed by atoms with Gasteiger partial charge in [-0.2, -0.15) is 0 Å². The van der Waals surface area contributed by atoms with Crippen molar-refractivity contribution in [2.75, 3.05) is 6.54 Å². The molecule has 1 aromatic heterocycles. The van der Waals surface area contributed by atoms with Gasteiger partial charge in [0.25, 0.3) is 0 Å². The van der Waals surface area contributed by atoms with Gasteiger partial charge in [-0.3, -0.25) is 4.98 Å². The van der Waals surface area contributed by atoms with E-state index < -0.39 is 0 Å². The molecule has 0 aliphatic carbocycles. The quantitative estimate of drug-likeness (QED) is 0.686. The molecule has 0 radical (unpaired) electrons. The summed E-state index contributed by atoms with van der Waals surface area (Å²) in [6, 6.07) is 1.86. The Morgan fingerprint density at radius 3 is 3.08 bits per heavy atom. The summed E-state index contributed by atoms with van der Waals surface area (Å²) in [7, 11) is 0. The predicted octanol–water partition coefficient (Wildman–Crippen LogP) is 1.65. The molecule has 12 heavy (non-hydrogen) atoms. The molecule has 2 nitrogen and oxygen atoms in total. The summed E-state index contributed by atoms with van der Waals surface area (Å²) in [5.74, 6) is -0.249. The van der Waals surface area contributed by atoms with E-state index in [0.717, 1.165) is 18.5 Å². The van der Waals surface area contributed by atoms with Crippen molar-refractivity contribution in [2.45, 2.75) is 18.9 Å². The SMILES string of the molecule is Fc1cncc([C@H]2CCCN2)c1. The summed E-state index contributed by atoms with van der Waals surface area (Å²) in [6.07, 6.45) is 5.22. The molecule has 0 unspecified atom stereocenters. The summed E-state index contributed by atoms with van der Waals surface area (Å²) >= 11 is 0. The van der Waals surface area contributed by atoms with Crippen LogP contribution in [0.2, 0.25) is 0 Å². The van der Waals surface area contributed by atoms with E-state index in [2.05, 4.69) is 10.3 Å². The lowest BCUT2D eigenvalue weighted by Gasteiger charge is -2.08. The topological polar surface area (TPSA) is 24.9 Å². The number of halogens is 1. The first-order valence-corrected chi connectivity index (χ1v) is 4.20. The van der Waals surface area contributed by atoms with E-state index in [0.29, 0.717) is 6.04 Å². The van der Waals surface area contributed by atoms with Crippen LogP contribution < -0.4 is 5.32 Å². The summed E-state index contributed by atoms with van der Waals surface area (Å²) in [6.45, 7) is 1.03. The van der Waals surface area contributed by atoms with Gasteiger partial charge < -0.3 is 5.32 Å². The van der Waals surface area contributed by atoms with Crippen molar-refractivity contribution in [3.05, 3.63) is 29.8 Å². The Morgan fingerprint density at radius 1 is 1.50 bits per heavy atom. The summed E-state index contributed by atoms with van der Waals surface area (Å²) < 4.78 is 12.7. The van der Waals surface area contributed by atoms with Gasteiger partial charge in [0, 0.05) is 12.2 Å². The fraction of sp³-hybridized carbons (Fsp3) is 0.444. The zero-order valence-corrected chi connectivity index (χ0v) is 6.76. The molecule has 1 fully saturated rings. The average Bonchev–Trinajstić information content (AvgIpc) is 2.56. The maximum atomic E-state index is 12.7. The minimum absolute atomic E-state index is 0.249. The Hall–Kier alpha value is -0.960. The van der Waals surface area contributed by atoms with Crippen LogP contribution in [0, 0.1) is 5.82 Å². The van der Waals surface area contributed by atoms with Crippen LogP contribution in [0.15, 0.2) is 18.5 Å². The maximum Gasteiger partial charge on any atom is 0.141 e. The van der Waals surface area contributed by atoms with Gasteiger partial charge in [0.05, 0.1) is 6.20 Å². The van der Waals surface area contributed by atoms with Crippen LogP contribution in [0.3, 0.4) is 0 Å². The molecule has 1 atom stereocenters. The molecule has 0 amide bonds. The molecule has 2 heterocycles. The van der Waals surface area contributed by atoms with Crippen molar-refractivity contribution in [3.63, 3.8) is 0 Å². The minimum atomic E-state index is -0.249. The lowest BCUT2D eigenvalue weighted by molar-refractivity contribution is 0.598. The zero-order valence-electron chi connectivity index (χ0n) is 6.76. The number of aromatic nitrogens is 1. The highest BCUT2D eigenvalue weighted by Crippen LogP contribution is 2.22. The molecule has 1 aliphatic heterocycles. The second-order valence-corrected chi connectivity index (χ2v) is 3.09. The van der Waals surface area contributed by atoms with Gasteiger partial charge in [-0.15, -0.1) is 0 Å². The average molecular weight is 166 g/mol. The third-order valence-corrected chi connectivity index (χ3v) is 2.19. The Labute approximate surface area is 70.8 Å². The molecular formula is C9H11FN2. The van der Waals surface area contributed by atoms with Gasteiger partial charge in [-0.05, 0) is 31.0 Å². The molecule has 1 N–H and O–H groups in total. The fourth-order valence-electron chi connectivity index (χ4n) is 1.59. The van der Waals surface area contributed by atoms with Crippen LogP contribution >= 0.6 is 0 Å². The van der Waals surface area contributed by atoms with Gasteiger partial charge in [-0.25, -0.2) is 4.39 Å².